The Kier molecular flexibility index (Phi) is 8.79. The van der Waals surface area contributed by atoms with Gasteiger partial charge in [0.15, 0.2) is 11.5 Å². The van der Waals surface area contributed by atoms with E-state index in [1.165, 1.54) is 0 Å². The summed E-state index contributed by atoms with van der Waals surface area (Å²) in [6.45, 7) is 6.94. The van der Waals surface area contributed by atoms with Crippen molar-refractivity contribution >= 4 is 23.6 Å². The van der Waals surface area contributed by atoms with Crippen LogP contribution in [-0.2, 0) is 18.0 Å². The third-order valence-electron chi connectivity index (χ3n) is 5.94. The van der Waals surface area contributed by atoms with Crippen LogP contribution in [0, 0.1) is 0 Å². The molecule has 1 saturated heterocycles. The third kappa shape index (κ3) is 7.42. The minimum absolute atomic E-state index is 0.172. The second kappa shape index (κ2) is 12.2. The average molecular weight is 537 g/mol. The first-order valence-corrected chi connectivity index (χ1v) is 13.0. The highest BCUT2D eigenvalue weighted by atomic mass is 35.5. The van der Waals surface area contributed by atoms with Crippen LogP contribution in [-0.4, -0.2) is 41.6 Å². The highest BCUT2D eigenvalue weighted by Gasteiger charge is 2.31. The number of benzene rings is 3. The van der Waals surface area contributed by atoms with E-state index in [2.05, 4.69) is 5.32 Å². The minimum atomic E-state index is -0.577. The molecule has 1 N–H and O–H groups in total. The van der Waals surface area contributed by atoms with Gasteiger partial charge >= 0.3 is 6.09 Å². The number of nitrogens with one attached hydrogen (secondary N) is 1. The summed E-state index contributed by atoms with van der Waals surface area (Å²) < 4.78 is 17.6. The molecule has 1 atom stereocenters. The zero-order valence-corrected chi connectivity index (χ0v) is 22.7. The summed E-state index contributed by atoms with van der Waals surface area (Å²) in [6.07, 6.45) is 0.238. The average Bonchev–Trinajstić information content (AvgIpc) is 3.36. The predicted octanol–water partition coefficient (Wildman–Crippen LogP) is 6.24. The van der Waals surface area contributed by atoms with Gasteiger partial charge in [0.2, 0.25) is 0 Å². The number of carbonyl (C=O) groups excluding carboxylic acids is 2. The van der Waals surface area contributed by atoms with Crippen molar-refractivity contribution in [2.45, 2.75) is 52.0 Å². The Morgan fingerprint density at radius 3 is 2.13 bits per heavy atom. The summed E-state index contributed by atoms with van der Waals surface area (Å²) in [5.74, 6) is 0.411. The van der Waals surface area contributed by atoms with Crippen LogP contribution in [0.4, 0.5) is 4.79 Å². The molecule has 0 saturated carbocycles. The number of likely N-dealkylation sites (tertiary alicyclic amines) is 1. The second-order valence-corrected chi connectivity index (χ2v) is 10.6. The Balaban J connectivity index is 1.48. The van der Waals surface area contributed by atoms with E-state index in [1.807, 2.05) is 81.4 Å². The molecular weight excluding hydrogens is 504 g/mol. The Bertz CT molecular complexity index is 1240. The fourth-order valence-electron chi connectivity index (χ4n) is 4.06. The molecule has 1 heterocycles. The fraction of sp³-hybridized carbons (Fsp3) is 0.333. The van der Waals surface area contributed by atoms with Gasteiger partial charge in [-0.1, -0.05) is 72.3 Å². The largest absolute Gasteiger partial charge is 0.485 e. The van der Waals surface area contributed by atoms with Crippen LogP contribution < -0.4 is 14.8 Å². The van der Waals surface area contributed by atoms with Gasteiger partial charge in [0.05, 0.1) is 10.6 Å². The number of amides is 2. The Morgan fingerprint density at radius 1 is 0.921 bits per heavy atom. The lowest BCUT2D eigenvalue weighted by atomic mass is 10.1. The zero-order valence-electron chi connectivity index (χ0n) is 21.9. The van der Waals surface area contributed by atoms with Crippen molar-refractivity contribution < 1.29 is 23.8 Å². The van der Waals surface area contributed by atoms with E-state index >= 15 is 0 Å². The number of hydrogen-bond acceptors (Lipinski definition) is 5. The maximum absolute atomic E-state index is 13.2. The molecule has 38 heavy (non-hydrogen) atoms. The highest BCUT2D eigenvalue weighted by Crippen LogP contribution is 2.39. The summed E-state index contributed by atoms with van der Waals surface area (Å²) in [4.78, 5) is 27.2. The van der Waals surface area contributed by atoms with Gasteiger partial charge in [-0.15, -0.1) is 0 Å². The third-order valence-corrected chi connectivity index (χ3v) is 6.32. The van der Waals surface area contributed by atoms with E-state index < -0.39 is 5.60 Å². The number of carbonyl (C=O) groups is 2. The SMILES string of the molecule is CC(C)(C)OC(=O)N1CC[C@@H](NC(=O)c2ccc(OCc3ccccc3)c(OCc3ccccc3)c2Cl)C1. The van der Waals surface area contributed by atoms with Crippen molar-refractivity contribution in [3.63, 3.8) is 0 Å². The monoisotopic (exact) mass is 536 g/mol. The van der Waals surface area contributed by atoms with E-state index in [-0.39, 0.29) is 35.2 Å². The molecule has 0 bridgehead atoms. The molecule has 0 aliphatic carbocycles. The van der Waals surface area contributed by atoms with Crippen LogP contribution in [0.15, 0.2) is 72.8 Å². The molecule has 0 spiro atoms. The number of hydrogen-bond donors (Lipinski definition) is 1. The van der Waals surface area contributed by atoms with Crippen LogP contribution in [0.3, 0.4) is 0 Å². The number of ether oxygens (including phenoxy) is 3. The molecule has 4 rings (SSSR count). The Hall–Kier alpha value is -3.71. The topological polar surface area (TPSA) is 77.1 Å². The zero-order chi connectivity index (χ0) is 27.1. The lowest BCUT2D eigenvalue weighted by Crippen LogP contribution is -2.40. The van der Waals surface area contributed by atoms with Crippen molar-refractivity contribution in [3.8, 4) is 11.5 Å². The minimum Gasteiger partial charge on any atom is -0.485 e. The van der Waals surface area contributed by atoms with E-state index in [4.69, 9.17) is 25.8 Å². The van der Waals surface area contributed by atoms with Gasteiger partial charge in [0, 0.05) is 19.1 Å². The quantitative estimate of drug-likeness (QED) is 0.369. The molecule has 1 aliphatic heterocycles. The van der Waals surface area contributed by atoms with Gasteiger partial charge in [0.1, 0.15) is 18.8 Å². The molecule has 3 aromatic carbocycles. The lowest BCUT2D eigenvalue weighted by Gasteiger charge is -2.24. The molecule has 7 nitrogen and oxygen atoms in total. The highest BCUT2D eigenvalue weighted by molar-refractivity contribution is 6.35. The lowest BCUT2D eigenvalue weighted by molar-refractivity contribution is 0.0290. The van der Waals surface area contributed by atoms with Crippen molar-refractivity contribution in [2.75, 3.05) is 13.1 Å². The molecule has 2 amide bonds. The molecular formula is C30H33ClN2O5. The smallest absolute Gasteiger partial charge is 0.410 e. The molecule has 200 valence electrons. The van der Waals surface area contributed by atoms with Crippen molar-refractivity contribution in [3.05, 3.63) is 94.5 Å². The first-order valence-electron chi connectivity index (χ1n) is 12.6. The Labute approximate surface area is 228 Å². The van der Waals surface area contributed by atoms with E-state index in [0.29, 0.717) is 37.6 Å². The number of halogens is 1. The standard InChI is InChI=1S/C30H33ClN2O5/c1-30(2,3)38-29(35)33-17-16-23(18-33)32-28(34)24-14-15-25(36-19-21-10-6-4-7-11-21)27(26(24)31)37-20-22-12-8-5-9-13-22/h4-15,23H,16-20H2,1-3H3,(H,32,34)/t23-/m1/s1. The summed E-state index contributed by atoms with van der Waals surface area (Å²) in [6, 6.07) is 22.6. The van der Waals surface area contributed by atoms with Gasteiger partial charge in [-0.05, 0) is 50.5 Å². The summed E-state index contributed by atoms with van der Waals surface area (Å²) in [7, 11) is 0. The van der Waals surface area contributed by atoms with Crippen molar-refractivity contribution in [1.82, 2.24) is 10.2 Å². The molecule has 0 radical (unpaired) electrons. The van der Waals surface area contributed by atoms with Gasteiger partial charge in [-0.25, -0.2) is 4.79 Å². The van der Waals surface area contributed by atoms with Gasteiger partial charge < -0.3 is 24.4 Å². The van der Waals surface area contributed by atoms with Crippen molar-refractivity contribution in [1.29, 1.82) is 0 Å². The van der Waals surface area contributed by atoms with E-state index in [1.54, 1.807) is 17.0 Å². The summed E-state index contributed by atoms with van der Waals surface area (Å²) in [5.41, 5.74) is 1.65. The number of rotatable bonds is 8. The van der Waals surface area contributed by atoms with Crippen LogP contribution >= 0.6 is 11.6 Å². The van der Waals surface area contributed by atoms with Gasteiger partial charge in [0.25, 0.3) is 5.91 Å². The molecule has 1 aliphatic rings. The van der Waals surface area contributed by atoms with Gasteiger partial charge in [-0.2, -0.15) is 0 Å². The maximum atomic E-state index is 13.2. The summed E-state index contributed by atoms with van der Waals surface area (Å²) >= 11 is 6.74. The molecule has 1 fully saturated rings. The van der Waals surface area contributed by atoms with Gasteiger partial charge in [-0.3, -0.25) is 4.79 Å². The van der Waals surface area contributed by atoms with Crippen LogP contribution in [0.1, 0.15) is 48.7 Å². The van der Waals surface area contributed by atoms with Crippen LogP contribution in [0.25, 0.3) is 0 Å². The normalized spacial score (nSPS) is 15.2. The van der Waals surface area contributed by atoms with Crippen LogP contribution in [0.5, 0.6) is 11.5 Å². The Morgan fingerprint density at radius 2 is 1.53 bits per heavy atom. The number of nitrogens with zero attached hydrogens (tertiary/aromatic N) is 1. The summed E-state index contributed by atoms with van der Waals surface area (Å²) in [5, 5.41) is 3.17. The second-order valence-electron chi connectivity index (χ2n) is 10.2. The molecule has 8 heteroatoms. The first-order chi connectivity index (χ1) is 18.2. The van der Waals surface area contributed by atoms with Crippen LogP contribution in [0.2, 0.25) is 5.02 Å². The van der Waals surface area contributed by atoms with E-state index in [0.717, 1.165) is 11.1 Å². The maximum Gasteiger partial charge on any atom is 0.410 e. The fourth-order valence-corrected chi connectivity index (χ4v) is 4.36. The first kappa shape index (κ1) is 27.3. The molecule has 0 aromatic heterocycles. The molecule has 0 unspecified atom stereocenters. The van der Waals surface area contributed by atoms with Crippen molar-refractivity contribution in [2.24, 2.45) is 0 Å². The molecule has 3 aromatic rings. The predicted molar refractivity (Wildman–Crippen MR) is 147 cm³/mol. The van der Waals surface area contributed by atoms with E-state index in [9.17, 15) is 9.59 Å².